The molecule has 1 amide bonds. The number of ether oxygens (including phenoxy) is 3. The predicted molar refractivity (Wildman–Crippen MR) is 109 cm³/mol. The molecule has 150 valence electrons. The fourth-order valence-corrected chi connectivity index (χ4v) is 3.77. The summed E-state index contributed by atoms with van der Waals surface area (Å²) < 4.78 is 16.2. The summed E-state index contributed by atoms with van der Waals surface area (Å²) in [6, 6.07) is 13.4. The van der Waals surface area contributed by atoms with Crippen LogP contribution in [0.15, 0.2) is 42.5 Å². The van der Waals surface area contributed by atoms with Crippen molar-refractivity contribution in [1.29, 1.82) is 0 Å². The number of benzene rings is 2. The van der Waals surface area contributed by atoms with Gasteiger partial charge in [-0.2, -0.15) is 0 Å². The molecule has 0 aromatic heterocycles. The molecule has 0 aliphatic carbocycles. The van der Waals surface area contributed by atoms with Gasteiger partial charge in [0.1, 0.15) is 5.75 Å². The van der Waals surface area contributed by atoms with Gasteiger partial charge in [-0.15, -0.1) is 0 Å². The summed E-state index contributed by atoms with van der Waals surface area (Å²) in [7, 11) is 1.68. The highest BCUT2D eigenvalue weighted by Crippen LogP contribution is 2.32. The largest absolute Gasteiger partial charge is 0.496 e. The van der Waals surface area contributed by atoms with E-state index in [0.717, 1.165) is 24.4 Å². The van der Waals surface area contributed by atoms with Crippen molar-refractivity contribution in [3.8, 4) is 29.1 Å². The molecular weight excluding hydrogens is 368 g/mol. The molecule has 1 unspecified atom stereocenters. The highest BCUT2D eigenvalue weighted by Gasteiger charge is 2.26. The van der Waals surface area contributed by atoms with Crippen LogP contribution in [0.25, 0.3) is 0 Å². The number of hydrogen-bond donors (Lipinski definition) is 1. The van der Waals surface area contributed by atoms with E-state index in [2.05, 4.69) is 28.1 Å². The van der Waals surface area contributed by atoms with Gasteiger partial charge >= 0.3 is 0 Å². The van der Waals surface area contributed by atoms with E-state index < -0.39 is 0 Å². The van der Waals surface area contributed by atoms with E-state index in [1.807, 2.05) is 24.3 Å². The van der Waals surface area contributed by atoms with E-state index in [0.29, 0.717) is 23.6 Å². The zero-order valence-corrected chi connectivity index (χ0v) is 16.4. The van der Waals surface area contributed by atoms with Crippen LogP contribution in [0.5, 0.6) is 17.2 Å². The van der Waals surface area contributed by atoms with Crippen molar-refractivity contribution in [1.82, 2.24) is 10.2 Å². The summed E-state index contributed by atoms with van der Waals surface area (Å²) in [6.45, 7) is 2.73. The third-order valence-corrected chi connectivity index (χ3v) is 5.23. The minimum atomic E-state index is -0.304. The first-order chi connectivity index (χ1) is 14.2. The fraction of sp³-hybridized carbons (Fsp3) is 0.348. The lowest BCUT2D eigenvalue weighted by molar-refractivity contribution is -0.115. The Bertz CT molecular complexity index is 941. The van der Waals surface area contributed by atoms with E-state index in [1.54, 1.807) is 19.2 Å². The Labute approximate surface area is 170 Å². The van der Waals surface area contributed by atoms with Crippen molar-refractivity contribution in [2.75, 3.05) is 33.5 Å². The number of nitrogens with one attached hydrogen (secondary N) is 1. The van der Waals surface area contributed by atoms with Gasteiger partial charge in [0.2, 0.25) is 6.79 Å². The maximum Gasteiger partial charge on any atom is 0.296 e. The van der Waals surface area contributed by atoms with Crippen molar-refractivity contribution >= 4 is 5.91 Å². The standard InChI is InChI=1S/C23H24N2O4/c1-27-20-7-3-2-6-18(20)19(25-12-4-5-13-25)15-24-23(26)11-9-17-8-10-21-22(14-17)29-16-28-21/h2-3,6-8,10,14,19H,4-5,12-13,15-16H2,1H3,(H,24,26). The van der Waals surface area contributed by atoms with Gasteiger partial charge in [0, 0.05) is 23.6 Å². The van der Waals surface area contributed by atoms with Crippen LogP contribution in [-0.2, 0) is 4.79 Å². The maximum atomic E-state index is 12.4. The van der Waals surface area contributed by atoms with Crippen LogP contribution in [0.4, 0.5) is 0 Å². The van der Waals surface area contributed by atoms with Crippen LogP contribution in [0.1, 0.15) is 30.0 Å². The predicted octanol–water partition coefficient (Wildman–Crippen LogP) is 2.73. The molecule has 29 heavy (non-hydrogen) atoms. The van der Waals surface area contributed by atoms with Crippen LogP contribution in [-0.4, -0.2) is 44.3 Å². The average Bonchev–Trinajstić information content (AvgIpc) is 3.44. The molecule has 0 spiro atoms. The summed E-state index contributed by atoms with van der Waals surface area (Å²) >= 11 is 0. The average molecular weight is 392 g/mol. The minimum Gasteiger partial charge on any atom is -0.496 e. The second-order valence-corrected chi connectivity index (χ2v) is 7.03. The topological polar surface area (TPSA) is 60.0 Å². The van der Waals surface area contributed by atoms with Gasteiger partial charge in [-0.05, 0) is 50.2 Å². The van der Waals surface area contributed by atoms with Crippen LogP contribution < -0.4 is 19.5 Å². The molecule has 1 atom stereocenters. The Balaban J connectivity index is 1.44. The Kier molecular flexibility index (Phi) is 5.87. The molecule has 2 aromatic rings. The molecule has 4 rings (SSSR count). The molecule has 2 aliphatic rings. The summed E-state index contributed by atoms with van der Waals surface area (Å²) in [5.41, 5.74) is 1.80. The molecule has 1 saturated heterocycles. The molecule has 2 aromatic carbocycles. The number of fused-ring (bicyclic) bond motifs is 1. The van der Waals surface area contributed by atoms with Crippen molar-refractivity contribution in [2.24, 2.45) is 0 Å². The molecule has 6 heteroatoms. The molecule has 0 radical (unpaired) electrons. The molecule has 1 fully saturated rings. The molecule has 0 bridgehead atoms. The first-order valence-corrected chi connectivity index (χ1v) is 9.81. The van der Waals surface area contributed by atoms with Crippen molar-refractivity contribution < 1.29 is 19.0 Å². The minimum absolute atomic E-state index is 0.0601. The number of likely N-dealkylation sites (tertiary alicyclic amines) is 1. The van der Waals surface area contributed by atoms with E-state index in [-0.39, 0.29) is 18.7 Å². The maximum absolute atomic E-state index is 12.4. The van der Waals surface area contributed by atoms with Crippen molar-refractivity contribution in [2.45, 2.75) is 18.9 Å². The SMILES string of the molecule is COc1ccccc1C(CNC(=O)C#Cc1ccc2c(c1)OCO2)N1CCCC1. The monoisotopic (exact) mass is 392 g/mol. The van der Waals surface area contributed by atoms with Crippen LogP contribution in [0, 0.1) is 11.8 Å². The molecule has 2 aliphatic heterocycles. The first kappa shape index (κ1) is 19.2. The normalized spacial score (nSPS) is 16.0. The summed E-state index contributed by atoms with van der Waals surface area (Å²) in [6.07, 6.45) is 2.34. The Morgan fingerprint density at radius 3 is 2.79 bits per heavy atom. The highest BCUT2D eigenvalue weighted by molar-refractivity contribution is 5.94. The van der Waals surface area contributed by atoms with Crippen molar-refractivity contribution in [3.63, 3.8) is 0 Å². The van der Waals surface area contributed by atoms with Gasteiger partial charge in [0.15, 0.2) is 11.5 Å². The number of methoxy groups -OCH3 is 1. The number of nitrogens with zero attached hydrogens (tertiary/aromatic N) is 1. The Morgan fingerprint density at radius 1 is 1.17 bits per heavy atom. The molecule has 6 nitrogen and oxygen atoms in total. The third kappa shape index (κ3) is 4.47. The zero-order chi connectivity index (χ0) is 20.1. The van der Waals surface area contributed by atoms with Gasteiger partial charge in [-0.3, -0.25) is 9.69 Å². The zero-order valence-electron chi connectivity index (χ0n) is 16.4. The van der Waals surface area contributed by atoms with Gasteiger partial charge < -0.3 is 19.5 Å². The summed E-state index contributed by atoms with van der Waals surface area (Å²) in [5.74, 6) is 7.45. The number of rotatable bonds is 5. The van der Waals surface area contributed by atoms with Crippen LogP contribution >= 0.6 is 0 Å². The van der Waals surface area contributed by atoms with Gasteiger partial charge in [-0.1, -0.05) is 24.1 Å². The van der Waals surface area contributed by atoms with Gasteiger partial charge in [0.25, 0.3) is 5.91 Å². The fourth-order valence-electron chi connectivity index (χ4n) is 3.77. The molecule has 0 saturated carbocycles. The Hall–Kier alpha value is -3.17. The molecule has 2 heterocycles. The summed E-state index contributed by atoms with van der Waals surface area (Å²) in [4.78, 5) is 14.8. The van der Waals surface area contributed by atoms with Gasteiger partial charge in [0.05, 0.1) is 13.2 Å². The smallest absolute Gasteiger partial charge is 0.296 e. The second-order valence-electron chi connectivity index (χ2n) is 7.03. The lowest BCUT2D eigenvalue weighted by Crippen LogP contribution is -2.36. The van der Waals surface area contributed by atoms with E-state index >= 15 is 0 Å². The van der Waals surface area contributed by atoms with Crippen LogP contribution in [0.2, 0.25) is 0 Å². The summed E-state index contributed by atoms with van der Waals surface area (Å²) in [5, 5.41) is 2.97. The van der Waals surface area contributed by atoms with E-state index in [4.69, 9.17) is 14.2 Å². The van der Waals surface area contributed by atoms with E-state index in [9.17, 15) is 4.79 Å². The number of amides is 1. The number of carbonyl (C=O) groups excluding carboxylic acids is 1. The lowest BCUT2D eigenvalue weighted by Gasteiger charge is -2.29. The van der Waals surface area contributed by atoms with Crippen molar-refractivity contribution in [3.05, 3.63) is 53.6 Å². The second kappa shape index (κ2) is 8.89. The molecular formula is C23H24N2O4. The quantitative estimate of drug-likeness (QED) is 0.793. The van der Waals surface area contributed by atoms with Gasteiger partial charge in [-0.25, -0.2) is 0 Å². The number of para-hydroxylation sites is 1. The lowest BCUT2D eigenvalue weighted by atomic mass is 10.0. The highest BCUT2D eigenvalue weighted by atomic mass is 16.7. The number of carbonyl (C=O) groups is 1. The number of hydrogen-bond acceptors (Lipinski definition) is 5. The van der Waals surface area contributed by atoms with Crippen LogP contribution in [0.3, 0.4) is 0 Å². The first-order valence-electron chi connectivity index (χ1n) is 9.81. The third-order valence-electron chi connectivity index (χ3n) is 5.23. The molecule has 1 N–H and O–H groups in total. The Morgan fingerprint density at radius 2 is 1.97 bits per heavy atom. The van der Waals surface area contributed by atoms with E-state index in [1.165, 1.54) is 12.8 Å².